The summed E-state index contributed by atoms with van der Waals surface area (Å²) in [6, 6.07) is 5.29. The maximum atomic E-state index is 11.9. The summed E-state index contributed by atoms with van der Waals surface area (Å²) in [5.74, 6) is 1.08. The molecule has 19 heavy (non-hydrogen) atoms. The number of benzene rings is 1. The third-order valence-electron chi connectivity index (χ3n) is 2.43. The molecule has 0 spiro atoms. The van der Waals surface area contributed by atoms with E-state index in [1.165, 1.54) is 0 Å². The van der Waals surface area contributed by atoms with Gasteiger partial charge in [-0.25, -0.2) is 4.98 Å². The topological polar surface area (TPSA) is 79.9 Å². The number of aryl methyl sites for hydroxylation is 1. The number of halogens is 1. The molecule has 2 N–H and O–H groups in total. The molecule has 0 saturated heterocycles. The van der Waals surface area contributed by atoms with E-state index in [0.29, 0.717) is 23.7 Å². The molecule has 7 heteroatoms. The molecule has 1 aromatic carbocycles. The molecule has 2 aromatic rings. The van der Waals surface area contributed by atoms with Gasteiger partial charge in [-0.15, -0.1) is 5.10 Å². The molecular formula is C12H13BrN4O2. The summed E-state index contributed by atoms with van der Waals surface area (Å²) in [6.45, 7) is 1.93. The molecule has 0 aliphatic heterocycles. The van der Waals surface area contributed by atoms with Gasteiger partial charge in [0.25, 0.3) is 5.91 Å². The smallest absolute Gasteiger partial charge is 0.295 e. The number of H-pyrrole nitrogens is 1. The molecule has 0 radical (unpaired) electrons. The van der Waals surface area contributed by atoms with Crippen LogP contribution in [-0.4, -0.2) is 28.2 Å². The summed E-state index contributed by atoms with van der Waals surface area (Å²) < 4.78 is 5.94. The number of nitrogens with one attached hydrogen (secondary N) is 2. The van der Waals surface area contributed by atoms with Crippen LogP contribution in [0.3, 0.4) is 0 Å². The van der Waals surface area contributed by atoms with Crippen molar-refractivity contribution in [2.75, 3.05) is 12.4 Å². The third-order valence-corrected chi connectivity index (χ3v) is 2.89. The van der Waals surface area contributed by atoms with Gasteiger partial charge in [-0.2, -0.15) is 0 Å². The van der Waals surface area contributed by atoms with Gasteiger partial charge in [0.2, 0.25) is 5.82 Å². The Bertz CT molecular complexity index is 597. The zero-order valence-corrected chi connectivity index (χ0v) is 12.1. The summed E-state index contributed by atoms with van der Waals surface area (Å²) in [4.78, 5) is 16.0. The van der Waals surface area contributed by atoms with Crippen LogP contribution < -0.4 is 10.1 Å². The predicted octanol–water partition coefficient (Wildman–Crippen LogP) is 2.39. The number of amides is 1. The highest BCUT2D eigenvalue weighted by Gasteiger charge is 2.12. The molecule has 1 amide bonds. The number of nitrogens with zero attached hydrogens (tertiary/aromatic N) is 2. The number of aromatic amines is 1. The van der Waals surface area contributed by atoms with E-state index in [9.17, 15) is 4.79 Å². The lowest BCUT2D eigenvalue weighted by Gasteiger charge is -2.06. The predicted molar refractivity (Wildman–Crippen MR) is 74.4 cm³/mol. The second kappa shape index (κ2) is 5.83. The number of carbonyl (C=O) groups excluding carboxylic acids is 1. The van der Waals surface area contributed by atoms with Gasteiger partial charge in [-0.1, -0.05) is 22.9 Å². The normalized spacial score (nSPS) is 10.3. The largest absolute Gasteiger partial charge is 0.497 e. The number of anilines is 1. The Morgan fingerprint density at radius 3 is 2.89 bits per heavy atom. The van der Waals surface area contributed by atoms with E-state index >= 15 is 0 Å². The molecule has 2 rings (SSSR count). The van der Waals surface area contributed by atoms with Crippen molar-refractivity contribution in [1.82, 2.24) is 15.2 Å². The van der Waals surface area contributed by atoms with Gasteiger partial charge in [0.15, 0.2) is 0 Å². The number of methoxy groups -OCH3 is 1. The third kappa shape index (κ3) is 3.31. The molecule has 0 atom stereocenters. The van der Waals surface area contributed by atoms with E-state index in [1.54, 1.807) is 25.3 Å². The van der Waals surface area contributed by atoms with Crippen LogP contribution in [0.15, 0.2) is 22.7 Å². The molecule has 100 valence electrons. The average molecular weight is 325 g/mol. The minimum Gasteiger partial charge on any atom is -0.497 e. The minimum atomic E-state index is -0.365. The monoisotopic (exact) mass is 324 g/mol. The van der Waals surface area contributed by atoms with Gasteiger partial charge < -0.3 is 10.1 Å². The minimum absolute atomic E-state index is 0.121. The van der Waals surface area contributed by atoms with Crippen LogP contribution in [0.5, 0.6) is 5.75 Å². The number of rotatable bonds is 4. The Morgan fingerprint density at radius 1 is 1.47 bits per heavy atom. The lowest BCUT2D eigenvalue weighted by molar-refractivity contribution is 0.101. The Balaban J connectivity index is 2.16. The Hall–Kier alpha value is -1.89. The summed E-state index contributed by atoms with van der Waals surface area (Å²) >= 11 is 3.35. The van der Waals surface area contributed by atoms with Crippen molar-refractivity contribution >= 4 is 27.5 Å². The van der Waals surface area contributed by atoms with E-state index in [1.807, 2.05) is 6.92 Å². The first-order valence-corrected chi connectivity index (χ1v) is 6.49. The number of aromatic nitrogens is 3. The molecule has 0 saturated carbocycles. The Kier molecular flexibility index (Phi) is 4.16. The molecule has 1 heterocycles. The van der Waals surface area contributed by atoms with Gasteiger partial charge in [0.05, 0.1) is 7.11 Å². The second-order valence-corrected chi connectivity index (χ2v) is 4.71. The van der Waals surface area contributed by atoms with Crippen LogP contribution in [-0.2, 0) is 6.42 Å². The van der Waals surface area contributed by atoms with E-state index in [4.69, 9.17) is 4.74 Å². The van der Waals surface area contributed by atoms with E-state index < -0.39 is 0 Å². The number of ether oxygens (including phenoxy) is 1. The highest BCUT2D eigenvalue weighted by molar-refractivity contribution is 9.10. The van der Waals surface area contributed by atoms with Crippen molar-refractivity contribution in [3.63, 3.8) is 0 Å². The number of carbonyl (C=O) groups is 1. The summed E-state index contributed by atoms with van der Waals surface area (Å²) in [5.41, 5.74) is 0.610. The average Bonchev–Trinajstić information content (AvgIpc) is 2.86. The highest BCUT2D eigenvalue weighted by Crippen LogP contribution is 2.24. The van der Waals surface area contributed by atoms with Crippen LogP contribution in [0, 0.1) is 0 Å². The molecule has 1 aromatic heterocycles. The van der Waals surface area contributed by atoms with Gasteiger partial charge in [-0.05, 0) is 12.1 Å². The fraction of sp³-hybridized carbons (Fsp3) is 0.250. The second-order valence-electron chi connectivity index (χ2n) is 3.79. The number of hydrogen-bond donors (Lipinski definition) is 2. The van der Waals surface area contributed by atoms with Crippen LogP contribution in [0.2, 0.25) is 0 Å². The van der Waals surface area contributed by atoms with Crippen molar-refractivity contribution < 1.29 is 9.53 Å². The molecule has 0 fully saturated rings. The molecule has 0 aliphatic rings. The Morgan fingerprint density at radius 2 is 2.26 bits per heavy atom. The fourth-order valence-electron chi connectivity index (χ4n) is 1.49. The fourth-order valence-corrected chi connectivity index (χ4v) is 1.97. The summed E-state index contributed by atoms with van der Waals surface area (Å²) in [5, 5.41) is 9.27. The lowest BCUT2D eigenvalue weighted by atomic mass is 10.3. The quantitative estimate of drug-likeness (QED) is 0.904. The molecule has 6 nitrogen and oxygen atoms in total. The van der Waals surface area contributed by atoms with Gasteiger partial charge in [0, 0.05) is 22.6 Å². The zero-order valence-electron chi connectivity index (χ0n) is 10.5. The van der Waals surface area contributed by atoms with E-state index in [-0.39, 0.29) is 11.7 Å². The SMILES string of the molecule is CCc1nc(C(=O)Nc2cc(Br)cc(OC)c2)n[nH]1. The maximum Gasteiger partial charge on any atom is 0.295 e. The molecular weight excluding hydrogens is 312 g/mol. The molecule has 0 aliphatic carbocycles. The summed E-state index contributed by atoms with van der Waals surface area (Å²) in [6.07, 6.45) is 0.699. The van der Waals surface area contributed by atoms with Crippen molar-refractivity contribution in [3.8, 4) is 5.75 Å². The molecule has 0 unspecified atom stereocenters. The van der Waals surface area contributed by atoms with Gasteiger partial charge in [0.1, 0.15) is 11.6 Å². The van der Waals surface area contributed by atoms with Crippen LogP contribution in [0.4, 0.5) is 5.69 Å². The summed E-state index contributed by atoms with van der Waals surface area (Å²) in [7, 11) is 1.57. The first-order valence-electron chi connectivity index (χ1n) is 5.69. The molecule has 0 bridgehead atoms. The first-order chi connectivity index (χ1) is 9.12. The number of hydrogen-bond acceptors (Lipinski definition) is 4. The van der Waals surface area contributed by atoms with Crippen LogP contribution >= 0.6 is 15.9 Å². The van der Waals surface area contributed by atoms with Crippen molar-refractivity contribution in [2.24, 2.45) is 0 Å². The van der Waals surface area contributed by atoms with Crippen molar-refractivity contribution in [1.29, 1.82) is 0 Å². The highest BCUT2D eigenvalue weighted by atomic mass is 79.9. The van der Waals surface area contributed by atoms with E-state index in [2.05, 4.69) is 36.4 Å². The van der Waals surface area contributed by atoms with Crippen LogP contribution in [0.25, 0.3) is 0 Å². The van der Waals surface area contributed by atoms with Gasteiger partial charge in [-0.3, -0.25) is 9.89 Å². The van der Waals surface area contributed by atoms with E-state index in [0.717, 1.165) is 4.47 Å². The van der Waals surface area contributed by atoms with Crippen molar-refractivity contribution in [3.05, 3.63) is 34.3 Å². The lowest BCUT2D eigenvalue weighted by Crippen LogP contribution is -2.13. The zero-order chi connectivity index (χ0) is 13.8. The van der Waals surface area contributed by atoms with Gasteiger partial charge >= 0.3 is 0 Å². The Labute approximate surface area is 118 Å². The standard InChI is InChI=1S/C12H13BrN4O2/c1-3-10-15-11(17-16-10)12(18)14-8-4-7(13)5-9(6-8)19-2/h4-6H,3H2,1-2H3,(H,14,18)(H,15,16,17). The maximum absolute atomic E-state index is 11.9. The first kappa shape index (κ1) is 13.5. The van der Waals surface area contributed by atoms with Crippen LogP contribution in [0.1, 0.15) is 23.4 Å². The van der Waals surface area contributed by atoms with Crippen molar-refractivity contribution in [2.45, 2.75) is 13.3 Å².